The topological polar surface area (TPSA) is 111 Å². The van der Waals surface area contributed by atoms with Crippen LogP contribution in [0.2, 0.25) is 0 Å². The third-order valence-electron chi connectivity index (χ3n) is 4.06. The highest BCUT2D eigenvalue weighted by atomic mass is 16.5. The lowest BCUT2D eigenvalue weighted by Crippen LogP contribution is -2.49. The van der Waals surface area contributed by atoms with Crippen LogP contribution in [0, 0.1) is 5.41 Å². The molecule has 1 aromatic rings. The zero-order valence-corrected chi connectivity index (χ0v) is 13.1. The Bertz CT molecular complexity index is 546. The molecule has 122 valence electrons. The molecule has 2 atom stereocenters. The Morgan fingerprint density at radius 3 is 2.91 bits per heavy atom. The molecule has 1 fully saturated rings. The Kier molecular flexibility index (Phi) is 4.94. The van der Waals surface area contributed by atoms with Gasteiger partial charge in [-0.1, -0.05) is 11.5 Å². The highest BCUT2D eigenvalue weighted by Gasteiger charge is 2.47. The number of carbonyl (C=O) groups excluding carboxylic acids is 2. The Labute approximate surface area is 128 Å². The minimum absolute atomic E-state index is 0.266. The Morgan fingerprint density at radius 1 is 1.45 bits per heavy atom. The fourth-order valence-electron chi connectivity index (χ4n) is 2.74. The van der Waals surface area contributed by atoms with Gasteiger partial charge in [0, 0.05) is 12.6 Å². The Hall–Kier alpha value is -2.19. The molecule has 0 aliphatic heterocycles. The van der Waals surface area contributed by atoms with Crippen LogP contribution < -0.4 is 10.6 Å². The molecule has 9 heteroatoms. The number of urea groups is 1. The summed E-state index contributed by atoms with van der Waals surface area (Å²) in [5.74, 6) is 0.00651. The molecule has 2 unspecified atom stereocenters. The summed E-state index contributed by atoms with van der Waals surface area (Å²) >= 11 is 0. The van der Waals surface area contributed by atoms with Crippen LogP contribution >= 0.6 is 0 Å². The minimum atomic E-state index is -0.690. The lowest BCUT2D eigenvalue weighted by atomic mass is 9.85. The van der Waals surface area contributed by atoms with Crippen LogP contribution in [0.1, 0.15) is 40.0 Å². The summed E-state index contributed by atoms with van der Waals surface area (Å²) < 4.78 is 6.61. The number of nitrogens with zero attached hydrogens (tertiary/aromatic N) is 4. The fraction of sp³-hybridized carbons (Fsp3) is 0.769. The minimum Gasteiger partial charge on any atom is -0.466 e. The molecular weight excluding hydrogens is 288 g/mol. The van der Waals surface area contributed by atoms with Gasteiger partial charge in [-0.3, -0.25) is 10.1 Å². The van der Waals surface area contributed by atoms with Crippen molar-refractivity contribution in [3.8, 4) is 0 Å². The maximum absolute atomic E-state index is 12.1. The molecule has 2 amide bonds. The number of hydrogen-bond donors (Lipinski definition) is 2. The van der Waals surface area contributed by atoms with Crippen molar-refractivity contribution in [1.29, 1.82) is 0 Å². The van der Waals surface area contributed by atoms with Crippen LogP contribution in [0.15, 0.2) is 0 Å². The molecule has 0 spiro atoms. The summed E-state index contributed by atoms with van der Waals surface area (Å²) in [6.45, 7) is 6.36. The summed E-state index contributed by atoms with van der Waals surface area (Å²) in [5, 5.41) is 16.4. The second-order valence-corrected chi connectivity index (χ2v) is 5.50. The molecule has 1 heterocycles. The maximum atomic E-state index is 12.1. The van der Waals surface area contributed by atoms with E-state index in [0.29, 0.717) is 19.6 Å². The number of rotatable bonds is 5. The predicted octanol–water partition coefficient (Wildman–Crippen LogP) is 0.936. The van der Waals surface area contributed by atoms with E-state index in [1.54, 1.807) is 6.92 Å². The van der Waals surface area contributed by atoms with Crippen molar-refractivity contribution in [2.75, 3.05) is 11.9 Å². The molecule has 2 rings (SSSR count). The van der Waals surface area contributed by atoms with Crippen LogP contribution in [0.3, 0.4) is 0 Å². The first kappa shape index (κ1) is 16.2. The van der Waals surface area contributed by atoms with Gasteiger partial charge in [-0.2, -0.15) is 0 Å². The highest BCUT2D eigenvalue weighted by molar-refractivity contribution is 5.88. The first-order valence-electron chi connectivity index (χ1n) is 7.52. The van der Waals surface area contributed by atoms with E-state index in [-0.39, 0.29) is 18.0 Å². The lowest BCUT2D eigenvalue weighted by molar-refractivity contribution is -0.155. The SMILES string of the molecule is CCOC(=O)C1(C)CCCC1NC(=O)Nc1nnnn1CC. The largest absolute Gasteiger partial charge is 0.466 e. The number of tetrazole rings is 1. The number of aryl methyl sites for hydroxylation is 1. The number of nitrogens with one attached hydrogen (secondary N) is 2. The van der Waals surface area contributed by atoms with E-state index < -0.39 is 11.4 Å². The Balaban J connectivity index is 2.00. The van der Waals surface area contributed by atoms with Crippen LogP contribution in [0.4, 0.5) is 10.7 Å². The van der Waals surface area contributed by atoms with Gasteiger partial charge in [-0.05, 0) is 44.0 Å². The van der Waals surface area contributed by atoms with E-state index in [2.05, 4.69) is 26.2 Å². The van der Waals surface area contributed by atoms with Crippen molar-refractivity contribution in [3.05, 3.63) is 0 Å². The summed E-state index contributed by atoms with van der Waals surface area (Å²) in [6.07, 6.45) is 2.30. The smallest absolute Gasteiger partial charge is 0.321 e. The monoisotopic (exact) mass is 310 g/mol. The zero-order chi connectivity index (χ0) is 16.2. The molecule has 0 aromatic carbocycles. The Morgan fingerprint density at radius 2 is 2.23 bits per heavy atom. The number of ether oxygens (including phenoxy) is 1. The standard InChI is InChI=1S/C13H22N6O3/c1-4-19-11(16-17-18-19)15-12(21)14-9-7-6-8-13(9,3)10(20)22-5-2/h9H,4-8H2,1-3H3,(H2,14,15,16,18,21). The van der Waals surface area contributed by atoms with Crippen LogP contribution in [0.5, 0.6) is 0 Å². The molecule has 1 saturated carbocycles. The molecular formula is C13H22N6O3. The van der Waals surface area contributed by atoms with Gasteiger partial charge < -0.3 is 10.1 Å². The van der Waals surface area contributed by atoms with Gasteiger partial charge in [0.1, 0.15) is 0 Å². The molecule has 0 radical (unpaired) electrons. The van der Waals surface area contributed by atoms with Crippen molar-refractivity contribution < 1.29 is 14.3 Å². The van der Waals surface area contributed by atoms with Crippen molar-refractivity contribution in [3.63, 3.8) is 0 Å². The van der Waals surface area contributed by atoms with Gasteiger partial charge in [-0.25, -0.2) is 9.48 Å². The normalized spacial score (nSPS) is 24.0. The van der Waals surface area contributed by atoms with Gasteiger partial charge >= 0.3 is 12.0 Å². The average Bonchev–Trinajstić information content (AvgIpc) is 3.07. The molecule has 0 saturated heterocycles. The van der Waals surface area contributed by atoms with Gasteiger partial charge in [0.2, 0.25) is 0 Å². The maximum Gasteiger partial charge on any atom is 0.321 e. The number of amides is 2. The molecule has 1 aliphatic rings. The molecule has 1 aromatic heterocycles. The summed E-state index contributed by atoms with van der Waals surface area (Å²) in [4.78, 5) is 24.3. The van der Waals surface area contributed by atoms with E-state index in [4.69, 9.17) is 4.74 Å². The van der Waals surface area contributed by atoms with E-state index in [1.807, 2.05) is 13.8 Å². The van der Waals surface area contributed by atoms with E-state index in [0.717, 1.165) is 12.8 Å². The molecule has 22 heavy (non-hydrogen) atoms. The number of carbonyl (C=O) groups is 2. The third-order valence-corrected chi connectivity index (χ3v) is 4.06. The van der Waals surface area contributed by atoms with Gasteiger partial charge in [-0.15, -0.1) is 0 Å². The van der Waals surface area contributed by atoms with Crippen LogP contribution in [-0.2, 0) is 16.1 Å². The third kappa shape index (κ3) is 3.18. The average molecular weight is 310 g/mol. The second kappa shape index (κ2) is 6.71. The summed E-state index contributed by atoms with van der Waals surface area (Å²) in [7, 11) is 0. The number of aromatic nitrogens is 4. The molecule has 1 aliphatic carbocycles. The van der Waals surface area contributed by atoms with Gasteiger partial charge in [0.25, 0.3) is 5.95 Å². The van der Waals surface area contributed by atoms with Crippen molar-refractivity contribution in [2.24, 2.45) is 5.41 Å². The quantitative estimate of drug-likeness (QED) is 0.783. The highest BCUT2D eigenvalue weighted by Crippen LogP contribution is 2.39. The number of esters is 1. The van der Waals surface area contributed by atoms with E-state index in [1.165, 1.54) is 4.68 Å². The number of anilines is 1. The second-order valence-electron chi connectivity index (χ2n) is 5.50. The molecule has 9 nitrogen and oxygen atoms in total. The van der Waals surface area contributed by atoms with Gasteiger partial charge in [0.05, 0.1) is 12.0 Å². The zero-order valence-electron chi connectivity index (χ0n) is 13.1. The number of hydrogen-bond acceptors (Lipinski definition) is 6. The first-order valence-corrected chi connectivity index (χ1v) is 7.52. The summed E-state index contributed by atoms with van der Waals surface area (Å²) in [5.41, 5.74) is -0.690. The van der Waals surface area contributed by atoms with Crippen LogP contribution in [-0.4, -0.2) is 44.9 Å². The molecule has 2 N–H and O–H groups in total. The fourth-order valence-corrected chi connectivity index (χ4v) is 2.74. The van der Waals surface area contributed by atoms with E-state index >= 15 is 0 Å². The van der Waals surface area contributed by atoms with Crippen molar-refractivity contribution in [2.45, 2.75) is 52.6 Å². The predicted molar refractivity (Wildman–Crippen MR) is 78.0 cm³/mol. The van der Waals surface area contributed by atoms with Crippen LogP contribution in [0.25, 0.3) is 0 Å². The van der Waals surface area contributed by atoms with Crippen molar-refractivity contribution in [1.82, 2.24) is 25.5 Å². The van der Waals surface area contributed by atoms with Crippen molar-refractivity contribution >= 4 is 17.9 Å². The molecule has 0 bridgehead atoms. The summed E-state index contributed by atoms with van der Waals surface area (Å²) in [6, 6.07) is -0.690. The van der Waals surface area contributed by atoms with Gasteiger partial charge in [0.15, 0.2) is 0 Å². The first-order chi connectivity index (χ1) is 10.5. The van der Waals surface area contributed by atoms with E-state index in [9.17, 15) is 9.59 Å². The lowest BCUT2D eigenvalue weighted by Gasteiger charge is -2.29.